The zero-order valence-electron chi connectivity index (χ0n) is 12.0. The molecule has 0 amide bonds. The molecule has 0 aromatic carbocycles. The van der Waals surface area contributed by atoms with Gasteiger partial charge >= 0.3 is 0 Å². The molecule has 0 bridgehead atoms. The zero-order valence-corrected chi connectivity index (χ0v) is 12.0. The van der Waals surface area contributed by atoms with Gasteiger partial charge in [0.1, 0.15) is 0 Å². The molecule has 1 saturated heterocycles. The quantitative estimate of drug-likeness (QED) is 0.739. The average molecular weight is 278 g/mol. The Bertz CT molecular complexity index is 488. The lowest BCUT2D eigenvalue weighted by Gasteiger charge is -2.40. The number of nitrogen functional groups attached to an aromatic ring is 1. The molecule has 1 aromatic heterocycles. The number of anilines is 3. The number of fused-ring (bicyclic) bond motifs is 1. The first-order chi connectivity index (χ1) is 9.71. The molecule has 2 aliphatic heterocycles. The summed E-state index contributed by atoms with van der Waals surface area (Å²) in [6.45, 7) is 4.67. The van der Waals surface area contributed by atoms with Crippen molar-refractivity contribution < 1.29 is 4.74 Å². The molecular formula is C13H22N6O. The Balaban J connectivity index is 1.89. The van der Waals surface area contributed by atoms with E-state index in [2.05, 4.69) is 32.4 Å². The van der Waals surface area contributed by atoms with E-state index in [-0.39, 0.29) is 0 Å². The van der Waals surface area contributed by atoms with E-state index in [9.17, 15) is 0 Å². The summed E-state index contributed by atoms with van der Waals surface area (Å²) in [4.78, 5) is 10.8. The normalized spacial score (nSPS) is 22.3. The minimum atomic E-state index is 0.291. The fraction of sp³-hybridized carbons (Fsp3) is 0.692. The highest BCUT2D eigenvalue weighted by molar-refractivity contribution is 5.68. The van der Waals surface area contributed by atoms with E-state index in [0.29, 0.717) is 24.6 Å². The molecule has 0 unspecified atom stereocenters. The van der Waals surface area contributed by atoms with E-state index in [1.54, 1.807) is 0 Å². The van der Waals surface area contributed by atoms with Gasteiger partial charge in [0, 0.05) is 31.6 Å². The number of hydrogen-bond donors (Lipinski definition) is 3. The van der Waals surface area contributed by atoms with Gasteiger partial charge in [-0.3, -0.25) is 0 Å². The summed E-state index contributed by atoms with van der Waals surface area (Å²) in [5.74, 6) is 2.57. The van der Waals surface area contributed by atoms with E-state index in [1.807, 2.05) is 7.05 Å². The van der Waals surface area contributed by atoms with Gasteiger partial charge in [0.15, 0.2) is 11.6 Å². The second-order valence-corrected chi connectivity index (χ2v) is 5.36. The molecule has 4 N–H and O–H groups in total. The molecular weight excluding hydrogens is 256 g/mol. The molecule has 20 heavy (non-hydrogen) atoms. The smallest absolute Gasteiger partial charge is 0.224 e. The van der Waals surface area contributed by atoms with E-state index < -0.39 is 0 Å². The Kier molecular flexibility index (Phi) is 3.52. The van der Waals surface area contributed by atoms with Crippen LogP contribution in [0.4, 0.5) is 17.6 Å². The monoisotopic (exact) mass is 278 g/mol. The summed E-state index contributed by atoms with van der Waals surface area (Å²) >= 11 is 0. The minimum absolute atomic E-state index is 0.291. The first-order valence-electron chi connectivity index (χ1n) is 7.20. The van der Waals surface area contributed by atoms with Crippen molar-refractivity contribution >= 4 is 17.6 Å². The molecule has 3 rings (SSSR count). The minimum Gasteiger partial charge on any atom is -0.486 e. The maximum Gasteiger partial charge on any atom is 0.224 e. The van der Waals surface area contributed by atoms with Crippen LogP contribution in [0, 0.1) is 0 Å². The molecule has 0 spiro atoms. The van der Waals surface area contributed by atoms with E-state index in [4.69, 9.17) is 10.5 Å². The Hall–Kier alpha value is -1.76. The van der Waals surface area contributed by atoms with Gasteiger partial charge in [-0.1, -0.05) is 6.92 Å². The second kappa shape index (κ2) is 5.32. The lowest BCUT2D eigenvalue weighted by atomic mass is 10.1. The highest BCUT2D eigenvalue weighted by Gasteiger charge is 2.31. The van der Waals surface area contributed by atoms with Crippen LogP contribution in [-0.2, 0) is 0 Å². The van der Waals surface area contributed by atoms with Gasteiger partial charge in [0.25, 0.3) is 0 Å². The van der Waals surface area contributed by atoms with Crippen molar-refractivity contribution in [2.45, 2.75) is 31.8 Å². The number of nitrogens with one attached hydrogen (secondary N) is 2. The SMILES string of the molecule is CC[C@@H]1CCOc2c(nc(N)nc2N2CC(NC)C2)N1. The molecule has 3 heterocycles. The summed E-state index contributed by atoms with van der Waals surface area (Å²) in [7, 11) is 1.97. The molecule has 0 saturated carbocycles. The molecule has 110 valence electrons. The predicted octanol–water partition coefficient (Wildman–Crippen LogP) is 0.440. The van der Waals surface area contributed by atoms with Crippen LogP contribution in [0.5, 0.6) is 5.75 Å². The van der Waals surface area contributed by atoms with Crippen LogP contribution >= 0.6 is 0 Å². The van der Waals surface area contributed by atoms with Crippen LogP contribution in [0.2, 0.25) is 0 Å². The van der Waals surface area contributed by atoms with Gasteiger partial charge in [-0.2, -0.15) is 9.97 Å². The third-order valence-corrected chi connectivity index (χ3v) is 4.00. The van der Waals surface area contributed by atoms with Gasteiger partial charge in [0.05, 0.1) is 6.61 Å². The Morgan fingerprint density at radius 3 is 2.95 bits per heavy atom. The molecule has 2 aliphatic rings. The molecule has 1 atom stereocenters. The Morgan fingerprint density at radius 2 is 2.25 bits per heavy atom. The summed E-state index contributed by atoms with van der Waals surface area (Å²) in [6.07, 6.45) is 2.00. The predicted molar refractivity (Wildman–Crippen MR) is 79.3 cm³/mol. The third-order valence-electron chi connectivity index (χ3n) is 4.00. The number of hydrogen-bond acceptors (Lipinski definition) is 7. The van der Waals surface area contributed by atoms with Crippen LogP contribution in [0.25, 0.3) is 0 Å². The first kappa shape index (κ1) is 13.2. The largest absolute Gasteiger partial charge is 0.486 e. The van der Waals surface area contributed by atoms with Crippen molar-refractivity contribution in [2.24, 2.45) is 0 Å². The fourth-order valence-corrected chi connectivity index (χ4v) is 2.61. The van der Waals surface area contributed by atoms with Crippen molar-refractivity contribution in [2.75, 3.05) is 42.7 Å². The molecule has 7 nitrogen and oxygen atoms in total. The number of aromatic nitrogens is 2. The van der Waals surface area contributed by atoms with E-state index in [0.717, 1.165) is 43.3 Å². The molecule has 0 aliphatic carbocycles. The van der Waals surface area contributed by atoms with Crippen LogP contribution in [0.1, 0.15) is 19.8 Å². The maximum absolute atomic E-state index is 5.89. The van der Waals surface area contributed by atoms with Crippen LogP contribution < -0.4 is 26.0 Å². The number of rotatable bonds is 3. The zero-order chi connectivity index (χ0) is 14.1. The fourth-order valence-electron chi connectivity index (χ4n) is 2.61. The Labute approximate surface area is 118 Å². The van der Waals surface area contributed by atoms with Crippen molar-refractivity contribution in [3.63, 3.8) is 0 Å². The first-order valence-corrected chi connectivity index (χ1v) is 7.20. The summed E-state index contributed by atoms with van der Waals surface area (Å²) in [6, 6.07) is 0.879. The van der Waals surface area contributed by atoms with Crippen molar-refractivity contribution in [3.05, 3.63) is 0 Å². The lowest BCUT2D eigenvalue weighted by Crippen LogP contribution is -2.57. The highest BCUT2D eigenvalue weighted by atomic mass is 16.5. The number of ether oxygens (including phenoxy) is 1. The second-order valence-electron chi connectivity index (χ2n) is 5.36. The highest BCUT2D eigenvalue weighted by Crippen LogP contribution is 2.38. The lowest BCUT2D eigenvalue weighted by molar-refractivity contribution is 0.307. The third kappa shape index (κ3) is 2.33. The topological polar surface area (TPSA) is 88.3 Å². The van der Waals surface area contributed by atoms with Gasteiger partial charge in [-0.15, -0.1) is 0 Å². The van der Waals surface area contributed by atoms with Crippen molar-refractivity contribution in [1.82, 2.24) is 15.3 Å². The number of nitrogens with two attached hydrogens (primary N) is 1. The number of likely N-dealkylation sites (N-methyl/N-ethyl adjacent to an activating group) is 1. The summed E-state index contributed by atoms with van der Waals surface area (Å²) < 4.78 is 5.89. The van der Waals surface area contributed by atoms with Gasteiger partial charge in [0.2, 0.25) is 11.7 Å². The van der Waals surface area contributed by atoms with Gasteiger partial charge in [-0.25, -0.2) is 0 Å². The van der Waals surface area contributed by atoms with Gasteiger partial charge < -0.3 is 26.0 Å². The molecule has 1 aromatic rings. The van der Waals surface area contributed by atoms with E-state index >= 15 is 0 Å². The van der Waals surface area contributed by atoms with Crippen LogP contribution in [-0.4, -0.2) is 48.8 Å². The summed E-state index contributed by atoms with van der Waals surface area (Å²) in [5, 5.41) is 6.67. The van der Waals surface area contributed by atoms with Crippen molar-refractivity contribution in [3.8, 4) is 5.75 Å². The van der Waals surface area contributed by atoms with E-state index in [1.165, 1.54) is 0 Å². The van der Waals surface area contributed by atoms with Crippen LogP contribution in [0.15, 0.2) is 0 Å². The summed E-state index contributed by atoms with van der Waals surface area (Å²) in [5.41, 5.74) is 5.84. The Morgan fingerprint density at radius 1 is 1.45 bits per heavy atom. The van der Waals surface area contributed by atoms with Crippen LogP contribution in [0.3, 0.4) is 0 Å². The standard InChI is InChI=1S/C13H22N6O/c1-3-8-4-5-20-10-11(16-8)17-13(14)18-12(10)19-6-9(7-19)15-2/h8-9,15H,3-7H2,1-2H3,(H3,14,16,17,18)/t8-/m1/s1. The molecule has 0 radical (unpaired) electrons. The molecule has 1 fully saturated rings. The average Bonchev–Trinajstić information content (AvgIpc) is 2.59. The van der Waals surface area contributed by atoms with Gasteiger partial charge in [-0.05, 0) is 13.5 Å². The maximum atomic E-state index is 5.89. The number of nitrogens with zero attached hydrogens (tertiary/aromatic N) is 3. The molecule has 7 heteroatoms. The van der Waals surface area contributed by atoms with Crippen molar-refractivity contribution in [1.29, 1.82) is 0 Å².